The summed E-state index contributed by atoms with van der Waals surface area (Å²) in [6, 6.07) is 11.4. The van der Waals surface area contributed by atoms with Gasteiger partial charge in [0.15, 0.2) is 0 Å². The molecule has 0 heterocycles. The Kier molecular flexibility index (Phi) is 5.18. The number of halogens is 1. The number of ether oxygens (including phenoxy) is 1. The number of hydrogen-bond donors (Lipinski definition) is 0. The van der Waals surface area contributed by atoms with E-state index < -0.39 is 5.97 Å². The third kappa shape index (κ3) is 3.45. The van der Waals surface area contributed by atoms with Gasteiger partial charge in [-0.1, -0.05) is 17.3 Å². The van der Waals surface area contributed by atoms with E-state index in [1.165, 1.54) is 5.56 Å². The van der Waals surface area contributed by atoms with Crippen LogP contribution in [-0.4, -0.2) is 18.8 Å². The van der Waals surface area contributed by atoms with E-state index in [0.29, 0.717) is 5.56 Å². The molecule has 2 aromatic rings. The lowest BCUT2D eigenvalue weighted by atomic mass is 9.88. The third-order valence-corrected chi connectivity index (χ3v) is 5.06. The fraction of sp³-hybridized carbons (Fsp3) is 0.263. The van der Waals surface area contributed by atoms with E-state index in [9.17, 15) is 4.79 Å². The molecule has 1 aliphatic carbocycles. The number of carbonyl (C=O) groups excluding carboxylic acids is 1. The van der Waals surface area contributed by atoms with E-state index in [0.717, 1.165) is 45.4 Å². The van der Waals surface area contributed by atoms with Crippen LogP contribution in [0.15, 0.2) is 41.6 Å². The maximum atomic E-state index is 12.2. The third-order valence-electron chi connectivity index (χ3n) is 4.12. The Morgan fingerprint density at radius 2 is 2.00 bits per heavy atom. The monoisotopic (exact) mass is 435 g/mol. The lowest BCUT2D eigenvalue weighted by Gasteiger charge is -2.19. The predicted octanol–water partition coefficient (Wildman–Crippen LogP) is 4.51. The Balaban J connectivity index is 1.87. The highest BCUT2D eigenvalue weighted by Crippen LogP contribution is 2.29. The van der Waals surface area contributed by atoms with Gasteiger partial charge in [0.1, 0.15) is 5.75 Å². The summed E-state index contributed by atoms with van der Waals surface area (Å²) in [4.78, 5) is 17.4. The van der Waals surface area contributed by atoms with E-state index in [2.05, 4.69) is 39.9 Å². The van der Waals surface area contributed by atoms with Gasteiger partial charge in [-0.05, 0) is 84.2 Å². The number of rotatable bonds is 3. The molecule has 0 aromatic heterocycles. The average molecular weight is 435 g/mol. The van der Waals surface area contributed by atoms with Crippen LogP contribution < -0.4 is 4.74 Å². The molecule has 0 unspecified atom stereocenters. The summed E-state index contributed by atoms with van der Waals surface area (Å²) in [7, 11) is 1.68. The number of methoxy groups -OCH3 is 1. The molecule has 0 N–H and O–H groups in total. The molecule has 0 amide bonds. The minimum absolute atomic E-state index is 0.426. The van der Waals surface area contributed by atoms with Crippen LogP contribution in [0.5, 0.6) is 5.75 Å². The molecule has 0 saturated carbocycles. The first-order valence-electron chi connectivity index (χ1n) is 7.80. The topological polar surface area (TPSA) is 47.9 Å². The van der Waals surface area contributed by atoms with Crippen molar-refractivity contribution in [1.29, 1.82) is 0 Å². The summed E-state index contributed by atoms with van der Waals surface area (Å²) in [6.45, 7) is 2.00. The second kappa shape index (κ2) is 7.34. The van der Waals surface area contributed by atoms with Gasteiger partial charge < -0.3 is 9.57 Å². The molecule has 0 fully saturated rings. The number of oxime groups is 1. The molecule has 1 aliphatic rings. The maximum absolute atomic E-state index is 12.2. The van der Waals surface area contributed by atoms with Gasteiger partial charge in [0, 0.05) is 9.13 Å². The van der Waals surface area contributed by atoms with Crippen molar-refractivity contribution in [2.75, 3.05) is 7.11 Å². The number of aryl methyl sites for hydroxylation is 2. The molecule has 0 spiro atoms. The SMILES string of the molecule is COc1cc2c(cc1C)/C(=N/OC(=O)c1ccccc1I)CCC2. The zero-order valence-corrected chi connectivity index (χ0v) is 15.8. The quantitative estimate of drug-likeness (QED) is 0.405. The van der Waals surface area contributed by atoms with Crippen molar-refractivity contribution in [3.8, 4) is 5.75 Å². The standard InChI is InChI=1S/C19H18INO3/c1-12-10-15-13(11-18(12)23-2)6-5-9-17(15)21-24-19(22)14-7-3-4-8-16(14)20/h3-4,7-8,10-11H,5-6,9H2,1-2H3/b21-17+. The minimum Gasteiger partial charge on any atom is -0.496 e. The smallest absolute Gasteiger partial charge is 0.366 e. The van der Waals surface area contributed by atoms with Crippen molar-refractivity contribution >= 4 is 34.3 Å². The fourth-order valence-corrected chi connectivity index (χ4v) is 3.48. The molecular weight excluding hydrogens is 417 g/mol. The molecule has 4 nitrogen and oxygen atoms in total. The second-order valence-electron chi connectivity index (χ2n) is 5.73. The molecule has 3 rings (SSSR count). The van der Waals surface area contributed by atoms with Crippen LogP contribution in [0.2, 0.25) is 0 Å². The second-order valence-corrected chi connectivity index (χ2v) is 6.89. The van der Waals surface area contributed by atoms with E-state index in [1.807, 2.05) is 25.1 Å². The molecule has 0 bridgehead atoms. The molecule has 0 radical (unpaired) electrons. The van der Waals surface area contributed by atoms with Crippen LogP contribution in [0.4, 0.5) is 0 Å². The number of hydrogen-bond acceptors (Lipinski definition) is 4. The van der Waals surface area contributed by atoms with Crippen molar-refractivity contribution in [3.63, 3.8) is 0 Å². The highest BCUT2D eigenvalue weighted by atomic mass is 127. The minimum atomic E-state index is -0.426. The van der Waals surface area contributed by atoms with Crippen LogP contribution >= 0.6 is 22.6 Å². The zero-order chi connectivity index (χ0) is 17.1. The highest BCUT2D eigenvalue weighted by molar-refractivity contribution is 14.1. The highest BCUT2D eigenvalue weighted by Gasteiger charge is 2.19. The van der Waals surface area contributed by atoms with Gasteiger partial charge in [0.25, 0.3) is 0 Å². The van der Waals surface area contributed by atoms with E-state index in [4.69, 9.17) is 9.57 Å². The Hall–Kier alpha value is -1.89. The molecule has 124 valence electrons. The van der Waals surface area contributed by atoms with Gasteiger partial charge >= 0.3 is 5.97 Å². The summed E-state index contributed by atoms with van der Waals surface area (Å²) < 4.78 is 6.24. The molecule has 2 aromatic carbocycles. The van der Waals surface area contributed by atoms with Crippen molar-refractivity contribution < 1.29 is 14.4 Å². The lowest BCUT2D eigenvalue weighted by Crippen LogP contribution is -2.14. The van der Waals surface area contributed by atoms with Gasteiger partial charge in [-0.15, -0.1) is 0 Å². The Labute approximate surface area is 155 Å². The van der Waals surface area contributed by atoms with Crippen LogP contribution in [0, 0.1) is 10.5 Å². The predicted molar refractivity (Wildman–Crippen MR) is 102 cm³/mol. The Bertz CT molecular complexity index is 814. The van der Waals surface area contributed by atoms with Crippen LogP contribution in [0.3, 0.4) is 0 Å². The van der Waals surface area contributed by atoms with E-state index in [-0.39, 0.29) is 0 Å². The fourth-order valence-electron chi connectivity index (χ4n) is 2.87. The number of nitrogens with zero attached hydrogens (tertiary/aromatic N) is 1. The molecule has 24 heavy (non-hydrogen) atoms. The summed E-state index contributed by atoms with van der Waals surface area (Å²) in [5.74, 6) is 0.454. The zero-order valence-electron chi connectivity index (χ0n) is 13.6. The average Bonchev–Trinajstić information content (AvgIpc) is 2.59. The first kappa shape index (κ1) is 17.0. The summed E-state index contributed by atoms with van der Waals surface area (Å²) in [5, 5.41) is 4.16. The first-order valence-corrected chi connectivity index (χ1v) is 8.88. The van der Waals surface area contributed by atoms with Gasteiger partial charge in [-0.3, -0.25) is 0 Å². The number of carbonyl (C=O) groups is 1. The van der Waals surface area contributed by atoms with Crippen LogP contribution in [0.25, 0.3) is 0 Å². The van der Waals surface area contributed by atoms with Crippen molar-refractivity contribution in [3.05, 3.63) is 62.2 Å². The molecular formula is C19H18INO3. The van der Waals surface area contributed by atoms with Gasteiger partial charge in [0.05, 0.1) is 18.4 Å². The van der Waals surface area contributed by atoms with Gasteiger partial charge in [0.2, 0.25) is 0 Å². The molecule has 0 saturated heterocycles. The molecule has 5 heteroatoms. The van der Waals surface area contributed by atoms with Gasteiger partial charge in [-0.2, -0.15) is 0 Å². The van der Waals surface area contributed by atoms with E-state index in [1.54, 1.807) is 13.2 Å². The molecule has 0 aliphatic heterocycles. The van der Waals surface area contributed by atoms with Crippen LogP contribution in [0.1, 0.15) is 39.9 Å². The van der Waals surface area contributed by atoms with Crippen LogP contribution in [-0.2, 0) is 11.3 Å². The normalized spacial score (nSPS) is 15.0. The summed E-state index contributed by atoms with van der Waals surface area (Å²) >= 11 is 2.12. The van der Waals surface area contributed by atoms with Crippen molar-refractivity contribution in [1.82, 2.24) is 0 Å². The lowest BCUT2D eigenvalue weighted by molar-refractivity contribution is 0.0514. The summed E-state index contributed by atoms with van der Waals surface area (Å²) in [5.41, 5.74) is 4.64. The first-order chi connectivity index (χ1) is 11.6. The maximum Gasteiger partial charge on any atom is 0.366 e. The van der Waals surface area contributed by atoms with Crippen molar-refractivity contribution in [2.45, 2.75) is 26.2 Å². The van der Waals surface area contributed by atoms with Crippen molar-refractivity contribution in [2.24, 2.45) is 5.16 Å². The Morgan fingerprint density at radius 1 is 1.21 bits per heavy atom. The number of fused-ring (bicyclic) bond motifs is 1. The Morgan fingerprint density at radius 3 is 2.75 bits per heavy atom. The van der Waals surface area contributed by atoms with E-state index >= 15 is 0 Å². The number of benzene rings is 2. The largest absolute Gasteiger partial charge is 0.496 e. The summed E-state index contributed by atoms with van der Waals surface area (Å²) in [6.07, 6.45) is 2.77. The molecule has 0 atom stereocenters. The van der Waals surface area contributed by atoms with Gasteiger partial charge in [-0.25, -0.2) is 4.79 Å².